The standard InChI is InChI=1S/C12H16O/c1-3-4-5-7-11-8-6-9-12(10-11)13-2/h4-9H,3,10H2,1-2H3/b5-4-,11-7-. The van der Waals surface area contributed by atoms with E-state index in [1.807, 2.05) is 12.2 Å². The Bertz CT molecular complexity index is 267. The summed E-state index contributed by atoms with van der Waals surface area (Å²) < 4.78 is 5.17. The van der Waals surface area contributed by atoms with E-state index in [4.69, 9.17) is 4.74 Å². The largest absolute Gasteiger partial charge is 0.501 e. The second-order valence-electron chi connectivity index (χ2n) is 2.95. The number of hydrogen-bond donors (Lipinski definition) is 0. The summed E-state index contributed by atoms with van der Waals surface area (Å²) in [6, 6.07) is 0. The Morgan fingerprint density at radius 2 is 2.38 bits per heavy atom. The first-order valence-corrected chi connectivity index (χ1v) is 4.63. The van der Waals surface area contributed by atoms with E-state index in [1.165, 1.54) is 5.57 Å². The van der Waals surface area contributed by atoms with Crippen molar-refractivity contribution in [1.29, 1.82) is 0 Å². The Balaban J connectivity index is 2.56. The number of methoxy groups -OCH3 is 1. The Hall–Kier alpha value is -1.24. The monoisotopic (exact) mass is 176 g/mol. The van der Waals surface area contributed by atoms with Crippen LogP contribution in [0.25, 0.3) is 0 Å². The van der Waals surface area contributed by atoms with Crippen LogP contribution in [-0.2, 0) is 4.74 Å². The van der Waals surface area contributed by atoms with Crippen LogP contribution in [0.15, 0.2) is 47.8 Å². The average molecular weight is 176 g/mol. The van der Waals surface area contributed by atoms with Gasteiger partial charge in [0, 0.05) is 6.42 Å². The maximum Gasteiger partial charge on any atom is 0.0999 e. The molecule has 0 aromatic carbocycles. The van der Waals surface area contributed by atoms with Gasteiger partial charge in [0.2, 0.25) is 0 Å². The van der Waals surface area contributed by atoms with Crippen molar-refractivity contribution in [2.75, 3.05) is 7.11 Å². The smallest absolute Gasteiger partial charge is 0.0999 e. The van der Waals surface area contributed by atoms with Crippen LogP contribution in [0, 0.1) is 0 Å². The zero-order chi connectivity index (χ0) is 9.52. The van der Waals surface area contributed by atoms with E-state index < -0.39 is 0 Å². The molecule has 0 spiro atoms. The molecule has 0 bridgehead atoms. The van der Waals surface area contributed by atoms with E-state index in [-0.39, 0.29) is 0 Å². The molecular weight excluding hydrogens is 160 g/mol. The molecule has 0 unspecified atom stereocenters. The topological polar surface area (TPSA) is 9.23 Å². The summed E-state index contributed by atoms with van der Waals surface area (Å²) in [5.74, 6) is 1.03. The molecule has 0 amide bonds. The Morgan fingerprint density at radius 1 is 1.54 bits per heavy atom. The minimum Gasteiger partial charge on any atom is -0.501 e. The fourth-order valence-electron chi connectivity index (χ4n) is 1.18. The molecule has 0 aliphatic heterocycles. The lowest BCUT2D eigenvalue weighted by atomic mass is 10.1. The molecule has 0 radical (unpaired) electrons. The Labute approximate surface area is 80.1 Å². The Kier molecular flexibility index (Phi) is 4.10. The van der Waals surface area contributed by atoms with Gasteiger partial charge in [0.15, 0.2) is 0 Å². The number of hydrogen-bond acceptors (Lipinski definition) is 1. The summed E-state index contributed by atoms with van der Waals surface area (Å²) in [6.07, 6.45) is 14.5. The summed E-state index contributed by atoms with van der Waals surface area (Å²) in [5.41, 5.74) is 1.30. The minimum absolute atomic E-state index is 0.904. The number of ether oxygens (including phenoxy) is 1. The lowest BCUT2D eigenvalue weighted by molar-refractivity contribution is 0.283. The summed E-state index contributed by atoms with van der Waals surface area (Å²) in [5, 5.41) is 0. The third-order valence-electron chi connectivity index (χ3n) is 1.92. The maximum absolute atomic E-state index is 5.17. The molecule has 1 aliphatic rings. The van der Waals surface area contributed by atoms with Crippen LogP contribution >= 0.6 is 0 Å². The highest BCUT2D eigenvalue weighted by atomic mass is 16.5. The summed E-state index contributed by atoms with van der Waals surface area (Å²) in [7, 11) is 1.71. The molecule has 13 heavy (non-hydrogen) atoms. The molecule has 0 atom stereocenters. The van der Waals surface area contributed by atoms with Gasteiger partial charge in [0.25, 0.3) is 0 Å². The molecule has 0 aromatic rings. The van der Waals surface area contributed by atoms with Gasteiger partial charge in [-0.2, -0.15) is 0 Å². The molecule has 0 saturated carbocycles. The molecule has 0 saturated heterocycles. The first-order chi connectivity index (χ1) is 6.36. The molecule has 1 aliphatic carbocycles. The SMILES string of the molecule is CC/C=C\C=C1\C=CC=C(OC)C1. The first-order valence-electron chi connectivity index (χ1n) is 4.63. The average Bonchev–Trinajstić information content (AvgIpc) is 2.19. The zero-order valence-corrected chi connectivity index (χ0v) is 8.29. The van der Waals surface area contributed by atoms with E-state index in [2.05, 4.69) is 31.2 Å². The van der Waals surface area contributed by atoms with Crippen LogP contribution < -0.4 is 0 Å². The van der Waals surface area contributed by atoms with E-state index in [0.717, 1.165) is 18.6 Å². The maximum atomic E-state index is 5.17. The third kappa shape index (κ3) is 3.32. The predicted octanol–water partition coefficient (Wildman–Crippen LogP) is 3.37. The fraction of sp³-hybridized carbons (Fsp3) is 0.333. The predicted molar refractivity (Wildman–Crippen MR) is 56.4 cm³/mol. The summed E-state index contributed by atoms with van der Waals surface area (Å²) in [4.78, 5) is 0. The molecule has 1 nitrogen and oxygen atoms in total. The Morgan fingerprint density at radius 3 is 3.08 bits per heavy atom. The van der Waals surface area contributed by atoms with Gasteiger partial charge in [-0.05, 0) is 18.1 Å². The van der Waals surface area contributed by atoms with Crippen molar-refractivity contribution in [1.82, 2.24) is 0 Å². The van der Waals surface area contributed by atoms with E-state index in [9.17, 15) is 0 Å². The van der Waals surface area contributed by atoms with Gasteiger partial charge in [-0.15, -0.1) is 0 Å². The number of allylic oxidation sites excluding steroid dienone is 7. The second kappa shape index (κ2) is 5.41. The molecule has 1 rings (SSSR count). The molecular formula is C12H16O. The van der Waals surface area contributed by atoms with Crippen LogP contribution in [0.3, 0.4) is 0 Å². The molecule has 0 aromatic heterocycles. The molecule has 0 heterocycles. The van der Waals surface area contributed by atoms with Crippen molar-refractivity contribution < 1.29 is 4.74 Å². The van der Waals surface area contributed by atoms with Gasteiger partial charge >= 0.3 is 0 Å². The van der Waals surface area contributed by atoms with Crippen molar-refractivity contribution >= 4 is 0 Å². The van der Waals surface area contributed by atoms with Crippen molar-refractivity contribution in [2.24, 2.45) is 0 Å². The van der Waals surface area contributed by atoms with E-state index in [1.54, 1.807) is 7.11 Å². The minimum atomic E-state index is 0.904. The lowest BCUT2D eigenvalue weighted by Gasteiger charge is -2.09. The zero-order valence-electron chi connectivity index (χ0n) is 8.29. The van der Waals surface area contributed by atoms with Crippen molar-refractivity contribution in [3.63, 3.8) is 0 Å². The highest BCUT2D eigenvalue weighted by molar-refractivity contribution is 5.34. The number of rotatable bonds is 3. The lowest BCUT2D eigenvalue weighted by Crippen LogP contribution is -1.92. The molecule has 0 fully saturated rings. The van der Waals surface area contributed by atoms with Gasteiger partial charge in [-0.1, -0.05) is 37.3 Å². The van der Waals surface area contributed by atoms with Crippen molar-refractivity contribution in [3.8, 4) is 0 Å². The quantitative estimate of drug-likeness (QED) is 0.640. The highest BCUT2D eigenvalue weighted by Crippen LogP contribution is 2.17. The van der Waals surface area contributed by atoms with Crippen LogP contribution in [0.4, 0.5) is 0 Å². The fourth-order valence-corrected chi connectivity index (χ4v) is 1.18. The van der Waals surface area contributed by atoms with Crippen LogP contribution in [-0.4, -0.2) is 7.11 Å². The van der Waals surface area contributed by atoms with Crippen molar-refractivity contribution in [3.05, 3.63) is 47.8 Å². The van der Waals surface area contributed by atoms with E-state index in [0.29, 0.717) is 0 Å². The molecule has 1 heteroatoms. The van der Waals surface area contributed by atoms with E-state index >= 15 is 0 Å². The normalized spacial score (nSPS) is 19.5. The van der Waals surface area contributed by atoms with Gasteiger partial charge in [0.1, 0.15) is 0 Å². The summed E-state index contributed by atoms with van der Waals surface area (Å²) in [6.45, 7) is 2.13. The molecule has 70 valence electrons. The summed E-state index contributed by atoms with van der Waals surface area (Å²) >= 11 is 0. The van der Waals surface area contributed by atoms with Crippen LogP contribution in [0.1, 0.15) is 19.8 Å². The van der Waals surface area contributed by atoms with Crippen LogP contribution in [0.5, 0.6) is 0 Å². The van der Waals surface area contributed by atoms with Gasteiger partial charge in [-0.25, -0.2) is 0 Å². The van der Waals surface area contributed by atoms with Gasteiger partial charge in [-0.3, -0.25) is 0 Å². The van der Waals surface area contributed by atoms with Crippen LogP contribution in [0.2, 0.25) is 0 Å². The first kappa shape index (κ1) is 9.85. The van der Waals surface area contributed by atoms with Gasteiger partial charge in [0.05, 0.1) is 12.9 Å². The second-order valence-corrected chi connectivity index (χ2v) is 2.95. The third-order valence-corrected chi connectivity index (χ3v) is 1.92. The highest BCUT2D eigenvalue weighted by Gasteiger charge is 2.01. The molecule has 0 N–H and O–H groups in total. The van der Waals surface area contributed by atoms with Crippen molar-refractivity contribution in [2.45, 2.75) is 19.8 Å². The van der Waals surface area contributed by atoms with Gasteiger partial charge < -0.3 is 4.74 Å².